The third-order valence-corrected chi connectivity index (χ3v) is 4.23. The molecule has 0 aliphatic rings. The summed E-state index contributed by atoms with van der Waals surface area (Å²) in [6.45, 7) is 0.220. The van der Waals surface area contributed by atoms with E-state index in [1.165, 1.54) is 12.1 Å². The van der Waals surface area contributed by atoms with Crippen LogP contribution in [0.4, 0.5) is 13.2 Å². The molecule has 1 unspecified atom stereocenters. The first-order chi connectivity index (χ1) is 8.90. The van der Waals surface area contributed by atoms with Crippen LogP contribution in [0.15, 0.2) is 29.2 Å². The van der Waals surface area contributed by atoms with Gasteiger partial charge in [0.25, 0.3) is 0 Å². The largest absolute Gasteiger partial charge is 0.480 e. The maximum Gasteiger partial charge on any atom is 0.418 e. The van der Waals surface area contributed by atoms with Gasteiger partial charge in [0.1, 0.15) is 0 Å². The Morgan fingerprint density at radius 2 is 1.90 bits per heavy atom. The van der Waals surface area contributed by atoms with Gasteiger partial charge < -0.3 is 5.11 Å². The minimum Gasteiger partial charge on any atom is -0.480 e. The Labute approximate surface area is 117 Å². The highest BCUT2D eigenvalue weighted by atomic mass is 35.5. The van der Waals surface area contributed by atoms with Crippen LogP contribution >= 0.6 is 11.6 Å². The van der Waals surface area contributed by atoms with E-state index in [4.69, 9.17) is 16.7 Å². The summed E-state index contributed by atoms with van der Waals surface area (Å²) in [5, 5.41) is 8.64. The van der Waals surface area contributed by atoms with Crippen molar-refractivity contribution in [3.05, 3.63) is 29.3 Å². The van der Waals surface area contributed by atoms with Gasteiger partial charge in [-0.2, -0.15) is 17.9 Å². The number of hydrogen-bond acceptors (Lipinski definition) is 3. The maximum absolute atomic E-state index is 12.7. The molecule has 20 heavy (non-hydrogen) atoms. The molecule has 0 saturated carbocycles. The van der Waals surface area contributed by atoms with Crippen molar-refractivity contribution in [2.75, 3.05) is 0 Å². The predicted molar refractivity (Wildman–Crippen MR) is 63.9 cm³/mol. The number of rotatable bonds is 4. The molecule has 112 valence electrons. The van der Waals surface area contributed by atoms with Crippen LogP contribution < -0.4 is 4.72 Å². The zero-order chi connectivity index (χ0) is 15.8. The zero-order valence-electron chi connectivity index (χ0n) is 9.90. The number of nitrogens with one attached hydrogen (secondary N) is 1. The van der Waals surface area contributed by atoms with Crippen molar-refractivity contribution in [1.82, 2.24) is 4.72 Å². The summed E-state index contributed by atoms with van der Waals surface area (Å²) in [4.78, 5) is 10.2. The maximum atomic E-state index is 12.7. The Kier molecular flexibility index (Phi) is 4.37. The lowest BCUT2D eigenvalue weighted by Crippen LogP contribution is -2.61. The summed E-state index contributed by atoms with van der Waals surface area (Å²) in [6, 6.07) is 4.43. The van der Waals surface area contributed by atoms with Crippen molar-refractivity contribution in [3.63, 3.8) is 0 Å². The fourth-order valence-electron chi connectivity index (χ4n) is 1.18. The molecular formula is C10H9ClF3NO4S. The lowest BCUT2D eigenvalue weighted by atomic mass is 10.0. The molecule has 0 saturated heterocycles. The van der Waals surface area contributed by atoms with Crippen molar-refractivity contribution >= 4 is 27.6 Å². The second kappa shape index (κ2) is 5.23. The van der Waals surface area contributed by atoms with E-state index >= 15 is 0 Å². The van der Waals surface area contributed by atoms with Gasteiger partial charge in [-0.3, -0.25) is 0 Å². The molecule has 5 nitrogen and oxygen atoms in total. The normalized spacial score (nSPS) is 15.7. The second-order valence-electron chi connectivity index (χ2n) is 3.99. The molecular weight excluding hydrogens is 323 g/mol. The minimum absolute atomic E-state index is 0.0167. The van der Waals surface area contributed by atoms with Crippen molar-refractivity contribution in [3.8, 4) is 0 Å². The average Bonchev–Trinajstić information content (AvgIpc) is 2.26. The summed E-state index contributed by atoms with van der Waals surface area (Å²) in [5.41, 5.74) is -3.64. The van der Waals surface area contributed by atoms with Gasteiger partial charge in [-0.1, -0.05) is 17.7 Å². The van der Waals surface area contributed by atoms with Crippen LogP contribution in [-0.2, 0) is 14.8 Å². The number of aliphatic carboxylic acids is 1. The average molecular weight is 332 g/mol. The van der Waals surface area contributed by atoms with E-state index in [0.717, 1.165) is 16.9 Å². The smallest absolute Gasteiger partial charge is 0.418 e. The van der Waals surface area contributed by atoms with Crippen LogP contribution in [0.3, 0.4) is 0 Å². The Hall–Kier alpha value is -1.32. The third-order valence-electron chi connectivity index (χ3n) is 2.44. The summed E-state index contributed by atoms with van der Waals surface area (Å²) in [6.07, 6.45) is -5.32. The molecule has 0 amide bonds. The van der Waals surface area contributed by atoms with Gasteiger partial charge in [0.05, 0.1) is 4.90 Å². The molecule has 1 atom stereocenters. The second-order valence-corrected chi connectivity index (χ2v) is 6.11. The number of benzene rings is 1. The molecule has 10 heteroatoms. The number of halogens is 4. The molecule has 0 bridgehead atoms. The number of alkyl halides is 3. The number of carboxylic acid groups (broad SMARTS) is 1. The highest BCUT2D eigenvalue weighted by Crippen LogP contribution is 2.32. The van der Waals surface area contributed by atoms with Crippen molar-refractivity contribution in [2.45, 2.75) is 23.5 Å². The van der Waals surface area contributed by atoms with Gasteiger partial charge >= 0.3 is 12.1 Å². The van der Waals surface area contributed by atoms with Gasteiger partial charge in [-0.05, 0) is 25.1 Å². The van der Waals surface area contributed by atoms with E-state index in [2.05, 4.69) is 0 Å². The lowest BCUT2D eigenvalue weighted by molar-refractivity contribution is -0.201. The van der Waals surface area contributed by atoms with Gasteiger partial charge in [-0.25, -0.2) is 13.2 Å². The van der Waals surface area contributed by atoms with E-state index in [1.54, 1.807) is 0 Å². The quantitative estimate of drug-likeness (QED) is 0.884. The van der Waals surface area contributed by atoms with E-state index in [-0.39, 0.29) is 11.9 Å². The van der Waals surface area contributed by atoms with E-state index in [0.29, 0.717) is 0 Å². The summed E-state index contributed by atoms with van der Waals surface area (Å²) in [7, 11) is -4.70. The van der Waals surface area contributed by atoms with Gasteiger partial charge in [0.2, 0.25) is 15.6 Å². The first-order valence-corrected chi connectivity index (χ1v) is 6.86. The highest BCUT2D eigenvalue weighted by Gasteiger charge is 2.59. The predicted octanol–water partition coefficient (Wildman–Crippen LogP) is 2.02. The first-order valence-electron chi connectivity index (χ1n) is 5.00. The number of carbonyl (C=O) groups is 1. The molecule has 0 spiro atoms. The molecule has 1 aromatic carbocycles. The van der Waals surface area contributed by atoms with E-state index < -0.39 is 32.6 Å². The fourth-order valence-corrected chi connectivity index (χ4v) is 2.84. The molecule has 0 aliphatic carbocycles. The molecule has 1 rings (SSSR count). The number of hydrogen-bond donors (Lipinski definition) is 2. The Morgan fingerprint density at radius 1 is 1.35 bits per heavy atom. The first kappa shape index (κ1) is 16.7. The van der Waals surface area contributed by atoms with Crippen LogP contribution in [0.5, 0.6) is 0 Å². The Bertz CT molecular complexity index is 632. The van der Waals surface area contributed by atoms with Crippen molar-refractivity contribution in [2.24, 2.45) is 0 Å². The molecule has 0 radical (unpaired) electrons. The minimum atomic E-state index is -5.32. The zero-order valence-corrected chi connectivity index (χ0v) is 11.5. The monoisotopic (exact) mass is 331 g/mol. The Balaban J connectivity index is 3.28. The molecule has 0 heterocycles. The summed E-state index contributed by atoms with van der Waals surface area (Å²) < 4.78 is 63.0. The highest BCUT2D eigenvalue weighted by molar-refractivity contribution is 7.89. The van der Waals surface area contributed by atoms with Crippen LogP contribution in [-0.4, -0.2) is 31.2 Å². The SMILES string of the molecule is CC(NS(=O)(=O)c1cccc(Cl)c1)(C(=O)O)C(F)(F)F. The van der Waals surface area contributed by atoms with Crippen molar-refractivity contribution < 1.29 is 31.5 Å². The van der Waals surface area contributed by atoms with Gasteiger partial charge in [-0.15, -0.1) is 0 Å². The Morgan fingerprint density at radius 3 is 2.30 bits per heavy atom. The topological polar surface area (TPSA) is 83.5 Å². The summed E-state index contributed by atoms with van der Waals surface area (Å²) in [5.74, 6) is -2.37. The third kappa shape index (κ3) is 3.22. The van der Waals surface area contributed by atoms with Crippen LogP contribution in [0.2, 0.25) is 5.02 Å². The lowest BCUT2D eigenvalue weighted by Gasteiger charge is -2.28. The standard InChI is InChI=1S/C10H9ClF3NO4S/c1-9(8(16)17,10(12,13)14)15-20(18,19)7-4-2-3-6(11)5-7/h2-5,15H,1H3,(H,16,17). The molecule has 1 aromatic rings. The molecule has 0 aromatic heterocycles. The number of carboxylic acids is 1. The van der Waals surface area contributed by atoms with Crippen LogP contribution in [0, 0.1) is 0 Å². The van der Waals surface area contributed by atoms with Crippen LogP contribution in [0.1, 0.15) is 6.92 Å². The number of sulfonamides is 1. The van der Waals surface area contributed by atoms with Crippen LogP contribution in [0.25, 0.3) is 0 Å². The summed E-state index contributed by atoms with van der Waals surface area (Å²) >= 11 is 5.54. The fraction of sp³-hybridized carbons (Fsp3) is 0.300. The van der Waals surface area contributed by atoms with E-state index in [9.17, 15) is 26.4 Å². The van der Waals surface area contributed by atoms with E-state index in [1.807, 2.05) is 0 Å². The molecule has 0 aliphatic heterocycles. The van der Waals surface area contributed by atoms with Gasteiger partial charge in [0, 0.05) is 5.02 Å². The van der Waals surface area contributed by atoms with Crippen molar-refractivity contribution in [1.29, 1.82) is 0 Å². The molecule has 2 N–H and O–H groups in total. The molecule has 0 fully saturated rings. The van der Waals surface area contributed by atoms with Gasteiger partial charge in [0.15, 0.2) is 0 Å².